The number of carbonyl (C=O) groups is 1. The highest BCUT2D eigenvalue weighted by molar-refractivity contribution is 6.30. The number of rotatable bonds is 6. The van der Waals surface area contributed by atoms with Crippen molar-refractivity contribution in [1.82, 2.24) is 10.3 Å². The van der Waals surface area contributed by atoms with Crippen LogP contribution in [0.1, 0.15) is 19.4 Å². The van der Waals surface area contributed by atoms with Crippen molar-refractivity contribution in [1.29, 1.82) is 0 Å². The molecule has 0 radical (unpaired) electrons. The number of halogens is 1. The molecule has 0 saturated carbocycles. The number of benzene rings is 1. The molecular weight excluding hydrogens is 312 g/mol. The number of carbonyl (C=O) groups excluding carboxylic acids is 1. The zero-order chi connectivity index (χ0) is 16.7. The molecule has 0 fully saturated rings. The lowest BCUT2D eigenvalue weighted by Crippen LogP contribution is -2.28. The molecule has 1 aromatic carbocycles. The molecule has 1 aromatic heterocycles. The van der Waals surface area contributed by atoms with Gasteiger partial charge in [-0.05, 0) is 55.8 Å². The standard InChI is InChI=1S/C17H21ClN4O/c1-3-22(4-2)16-11-13(9-10-19-16)12-20-17(23)21-15-7-5-14(18)6-8-15/h5-11H,3-4,12H2,1-2H3,(H2,20,21,23). The average molecular weight is 333 g/mol. The highest BCUT2D eigenvalue weighted by Gasteiger charge is 2.06. The number of hydrogen-bond acceptors (Lipinski definition) is 3. The summed E-state index contributed by atoms with van der Waals surface area (Å²) < 4.78 is 0. The third-order valence-corrected chi connectivity index (χ3v) is 3.70. The first-order valence-corrected chi connectivity index (χ1v) is 8.00. The van der Waals surface area contributed by atoms with E-state index in [1.165, 1.54) is 0 Å². The van der Waals surface area contributed by atoms with Crippen molar-refractivity contribution in [2.24, 2.45) is 0 Å². The summed E-state index contributed by atoms with van der Waals surface area (Å²) in [4.78, 5) is 18.5. The maximum Gasteiger partial charge on any atom is 0.319 e. The van der Waals surface area contributed by atoms with Gasteiger partial charge in [0.2, 0.25) is 0 Å². The predicted molar refractivity (Wildman–Crippen MR) is 95.1 cm³/mol. The van der Waals surface area contributed by atoms with Gasteiger partial charge in [0.25, 0.3) is 0 Å². The van der Waals surface area contributed by atoms with Crippen molar-refractivity contribution in [3.8, 4) is 0 Å². The van der Waals surface area contributed by atoms with Crippen molar-refractivity contribution in [2.75, 3.05) is 23.3 Å². The molecule has 0 aliphatic carbocycles. The van der Waals surface area contributed by atoms with Gasteiger partial charge in [-0.25, -0.2) is 9.78 Å². The highest BCUT2D eigenvalue weighted by atomic mass is 35.5. The largest absolute Gasteiger partial charge is 0.357 e. The molecule has 23 heavy (non-hydrogen) atoms. The van der Waals surface area contributed by atoms with Crippen molar-refractivity contribution >= 4 is 29.1 Å². The van der Waals surface area contributed by atoms with Crippen LogP contribution in [0.4, 0.5) is 16.3 Å². The molecule has 0 bridgehead atoms. The molecule has 2 aromatic rings. The van der Waals surface area contributed by atoms with Gasteiger partial charge in [-0.3, -0.25) is 0 Å². The molecule has 0 unspecified atom stereocenters. The number of urea groups is 1. The molecule has 2 N–H and O–H groups in total. The second kappa shape index (κ2) is 8.39. The van der Waals surface area contributed by atoms with Crippen LogP contribution in [0.3, 0.4) is 0 Å². The Labute approximate surface area is 141 Å². The fourth-order valence-electron chi connectivity index (χ4n) is 2.18. The smallest absolute Gasteiger partial charge is 0.319 e. The minimum Gasteiger partial charge on any atom is -0.357 e. The van der Waals surface area contributed by atoms with Gasteiger partial charge in [0.05, 0.1) is 0 Å². The summed E-state index contributed by atoms with van der Waals surface area (Å²) in [5, 5.41) is 6.24. The van der Waals surface area contributed by atoms with Gasteiger partial charge < -0.3 is 15.5 Å². The van der Waals surface area contributed by atoms with E-state index in [-0.39, 0.29) is 6.03 Å². The number of nitrogens with zero attached hydrogens (tertiary/aromatic N) is 2. The van der Waals surface area contributed by atoms with Gasteiger partial charge in [-0.2, -0.15) is 0 Å². The van der Waals surface area contributed by atoms with Crippen molar-refractivity contribution < 1.29 is 4.79 Å². The van der Waals surface area contributed by atoms with E-state index in [0.29, 0.717) is 17.3 Å². The predicted octanol–water partition coefficient (Wildman–Crippen LogP) is 3.90. The lowest BCUT2D eigenvalue weighted by atomic mass is 10.2. The quantitative estimate of drug-likeness (QED) is 0.843. The topological polar surface area (TPSA) is 57.3 Å². The van der Waals surface area contributed by atoms with Gasteiger partial charge in [-0.15, -0.1) is 0 Å². The summed E-state index contributed by atoms with van der Waals surface area (Å²) >= 11 is 5.82. The van der Waals surface area contributed by atoms with Crippen molar-refractivity contribution in [3.05, 3.63) is 53.2 Å². The molecule has 0 aliphatic heterocycles. The highest BCUT2D eigenvalue weighted by Crippen LogP contribution is 2.14. The lowest BCUT2D eigenvalue weighted by Gasteiger charge is -2.20. The van der Waals surface area contributed by atoms with Crippen molar-refractivity contribution in [3.63, 3.8) is 0 Å². The van der Waals surface area contributed by atoms with Gasteiger partial charge >= 0.3 is 6.03 Å². The van der Waals surface area contributed by atoms with E-state index in [9.17, 15) is 4.79 Å². The Morgan fingerprint density at radius 2 is 1.87 bits per heavy atom. The van der Waals surface area contributed by atoms with Gasteiger partial charge in [0.1, 0.15) is 5.82 Å². The zero-order valence-corrected chi connectivity index (χ0v) is 14.1. The Morgan fingerprint density at radius 1 is 1.17 bits per heavy atom. The fraction of sp³-hybridized carbons (Fsp3) is 0.294. The van der Waals surface area contributed by atoms with Crippen LogP contribution >= 0.6 is 11.6 Å². The van der Waals surface area contributed by atoms with Gasteiger partial charge in [-0.1, -0.05) is 11.6 Å². The number of anilines is 2. The van der Waals surface area contributed by atoms with Crippen LogP contribution < -0.4 is 15.5 Å². The van der Waals surface area contributed by atoms with Crippen LogP contribution in [0.25, 0.3) is 0 Å². The van der Waals surface area contributed by atoms with Crippen LogP contribution in [0.15, 0.2) is 42.6 Å². The minimum atomic E-state index is -0.256. The van der Waals surface area contributed by atoms with Crippen LogP contribution in [-0.2, 0) is 6.54 Å². The number of pyridine rings is 1. The maximum absolute atomic E-state index is 11.9. The molecule has 0 spiro atoms. The summed E-state index contributed by atoms with van der Waals surface area (Å²) in [7, 11) is 0. The number of amides is 2. The molecule has 1 heterocycles. The molecule has 0 aliphatic rings. The Kier molecular flexibility index (Phi) is 6.23. The summed E-state index contributed by atoms with van der Waals surface area (Å²) in [6.45, 7) is 6.43. The Hall–Kier alpha value is -2.27. The molecule has 2 amide bonds. The van der Waals surface area contributed by atoms with E-state index >= 15 is 0 Å². The SMILES string of the molecule is CCN(CC)c1cc(CNC(=O)Nc2ccc(Cl)cc2)ccn1. The first kappa shape index (κ1) is 17.1. The monoisotopic (exact) mass is 332 g/mol. The third-order valence-electron chi connectivity index (χ3n) is 3.45. The van der Waals surface area contributed by atoms with E-state index in [4.69, 9.17) is 11.6 Å². The number of aromatic nitrogens is 1. The molecule has 0 atom stereocenters. The van der Waals surface area contributed by atoms with Crippen LogP contribution in [0.5, 0.6) is 0 Å². The Morgan fingerprint density at radius 3 is 2.52 bits per heavy atom. The summed E-state index contributed by atoms with van der Waals surface area (Å²) in [5.41, 5.74) is 1.71. The third kappa shape index (κ3) is 5.14. The normalized spacial score (nSPS) is 10.2. The summed E-state index contributed by atoms with van der Waals surface area (Å²) in [5.74, 6) is 0.924. The first-order valence-electron chi connectivity index (χ1n) is 7.62. The number of nitrogens with one attached hydrogen (secondary N) is 2. The van der Waals surface area contributed by atoms with Gasteiger partial charge in [0.15, 0.2) is 0 Å². The average Bonchev–Trinajstić information content (AvgIpc) is 2.57. The summed E-state index contributed by atoms with van der Waals surface area (Å²) in [6, 6.07) is 10.6. The van der Waals surface area contributed by atoms with Crippen LogP contribution in [0, 0.1) is 0 Å². The maximum atomic E-state index is 11.9. The van der Waals surface area contributed by atoms with E-state index in [1.807, 2.05) is 12.1 Å². The van der Waals surface area contributed by atoms with E-state index in [1.54, 1.807) is 30.5 Å². The minimum absolute atomic E-state index is 0.256. The van der Waals surface area contributed by atoms with E-state index in [2.05, 4.69) is 34.4 Å². The van der Waals surface area contributed by atoms with Crippen LogP contribution in [-0.4, -0.2) is 24.1 Å². The second-order valence-electron chi connectivity index (χ2n) is 5.01. The van der Waals surface area contributed by atoms with E-state index < -0.39 is 0 Å². The zero-order valence-electron chi connectivity index (χ0n) is 13.3. The molecular formula is C17H21ClN4O. The van der Waals surface area contributed by atoms with Gasteiger partial charge in [0, 0.05) is 36.5 Å². The second-order valence-corrected chi connectivity index (χ2v) is 5.45. The lowest BCUT2D eigenvalue weighted by molar-refractivity contribution is 0.251. The molecule has 2 rings (SSSR count). The van der Waals surface area contributed by atoms with Crippen LogP contribution in [0.2, 0.25) is 5.02 Å². The molecule has 6 heteroatoms. The summed E-state index contributed by atoms with van der Waals surface area (Å²) in [6.07, 6.45) is 1.77. The number of hydrogen-bond donors (Lipinski definition) is 2. The van der Waals surface area contributed by atoms with E-state index in [0.717, 1.165) is 24.5 Å². The Bertz CT molecular complexity index is 641. The Balaban J connectivity index is 1.91. The fourth-order valence-corrected chi connectivity index (χ4v) is 2.31. The van der Waals surface area contributed by atoms with Crippen molar-refractivity contribution in [2.45, 2.75) is 20.4 Å². The molecule has 122 valence electrons. The molecule has 5 nitrogen and oxygen atoms in total. The first-order chi connectivity index (χ1) is 11.1. The molecule has 0 saturated heterocycles.